The number of nitrogens with two attached hydrogens (primary N) is 1. The van der Waals surface area contributed by atoms with Crippen molar-refractivity contribution in [2.24, 2.45) is 0 Å². The SMILES string of the molecule is CCOc1cc(C)nc(Nc2cc(N)ccc2Cl)n1. The third kappa shape index (κ3) is 3.48. The highest BCUT2D eigenvalue weighted by atomic mass is 35.5. The van der Waals surface area contributed by atoms with Gasteiger partial charge in [-0.05, 0) is 32.0 Å². The molecular formula is C13H15ClN4O. The molecule has 0 saturated carbocycles. The number of halogens is 1. The molecule has 1 aromatic heterocycles. The molecule has 0 aliphatic carbocycles. The minimum absolute atomic E-state index is 0.427. The van der Waals surface area contributed by atoms with Crippen LogP contribution < -0.4 is 15.8 Å². The number of ether oxygens (including phenoxy) is 1. The van der Waals surface area contributed by atoms with E-state index in [1.165, 1.54) is 0 Å². The van der Waals surface area contributed by atoms with Gasteiger partial charge in [0.05, 0.1) is 17.3 Å². The first kappa shape index (κ1) is 13.4. The zero-order valence-corrected chi connectivity index (χ0v) is 11.5. The Labute approximate surface area is 116 Å². The van der Waals surface area contributed by atoms with Crippen molar-refractivity contribution in [2.75, 3.05) is 17.7 Å². The number of aromatic nitrogens is 2. The first-order valence-electron chi connectivity index (χ1n) is 5.89. The molecule has 19 heavy (non-hydrogen) atoms. The van der Waals surface area contributed by atoms with Crippen molar-refractivity contribution in [3.8, 4) is 5.88 Å². The number of aryl methyl sites for hydroxylation is 1. The minimum atomic E-state index is 0.427. The van der Waals surface area contributed by atoms with Crippen LogP contribution in [0.25, 0.3) is 0 Å². The van der Waals surface area contributed by atoms with E-state index < -0.39 is 0 Å². The van der Waals surface area contributed by atoms with Crippen LogP contribution >= 0.6 is 11.6 Å². The van der Waals surface area contributed by atoms with Crippen LogP contribution in [0.15, 0.2) is 24.3 Å². The summed E-state index contributed by atoms with van der Waals surface area (Å²) < 4.78 is 5.37. The summed E-state index contributed by atoms with van der Waals surface area (Å²) in [5.41, 5.74) is 7.81. The molecule has 0 saturated heterocycles. The molecule has 1 heterocycles. The molecule has 5 nitrogen and oxygen atoms in total. The highest BCUT2D eigenvalue weighted by molar-refractivity contribution is 6.33. The Morgan fingerprint density at radius 3 is 2.84 bits per heavy atom. The fraction of sp³-hybridized carbons (Fsp3) is 0.231. The number of nitrogens with one attached hydrogen (secondary N) is 1. The molecule has 0 aliphatic rings. The first-order valence-corrected chi connectivity index (χ1v) is 6.27. The van der Waals surface area contributed by atoms with Crippen molar-refractivity contribution in [3.05, 3.63) is 35.0 Å². The van der Waals surface area contributed by atoms with Gasteiger partial charge in [-0.2, -0.15) is 4.98 Å². The number of hydrogen-bond donors (Lipinski definition) is 2. The van der Waals surface area contributed by atoms with Crippen molar-refractivity contribution >= 4 is 28.9 Å². The third-order valence-electron chi connectivity index (χ3n) is 2.36. The molecule has 0 aliphatic heterocycles. The fourth-order valence-electron chi connectivity index (χ4n) is 1.58. The second-order valence-corrected chi connectivity index (χ2v) is 4.38. The number of benzene rings is 1. The Morgan fingerprint density at radius 2 is 2.11 bits per heavy atom. The van der Waals surface area contributed by atoms with Crippen molar-refractivity contribution in [3.63, 3.8) is 0 Å². The number of hydrogen-bond acceptors (Lipinski definition) is 5. The summed E-state index contributed by atoms with van der Waals surface area (Å²) in [7, 11) is 0. The lowest BCUT2D eigenvalue weighted by molar-refractivity contribution is 0.326. The monoisotopic (exact) mass is 278 g/mol. The summed E-state index contributed by atoms with van der Waals surface area (Å²) in [6, 6.07) is 6.96. The minimum Gasteiger partial charge on any atom is -0.478 e. The zero-order chi connectivity index (χ0) is 13.8. The van der Waals surface area contributed by atoms with Gasteiger partial charge in [-0.25, -0.2) is 4.98 Å². The first-order chi connectivity index (χ1) is 9.08. The van der Waals surface area contributed by atoms with E-state index in [-0.39, 0.29) is 0 Å². The van der Waals surface area contributed by atoms with Gasteiger partial charge in [0, 0.05) is 17.4 Å². The van der Waals surface area contributed by atoms with Crippen LogP contribution in [0.2, 0.25) is 5.02 Å². The Bertz CT molecular complexity index is 589. The molecule has 2 rings (SSSR count). The van der Waals surface area contributed by atoms with E-state index in [0.29, 0.717) is 34.8 Å². The summed E-state index contributed by atoms with van der Waals surface area (Å²) in [5.74, 6) is 0.952. The molecular weight excluding hydrogens is 264 g/mol. The van der Waals surface area contributed by atoms with E-state index in [1.54, 1.807) is 24.3 Å². The molecule has 100 valence electrons. The second-order valence-electron chi connectivity index (χ2n) is 3.97. The predicted molar refractivity (Wildman–Crippen MR) is 77.1 cm³/mol. The van der Waals surface area contributed by atoms with Crippen LogP contribution in [-0.4, -0.2) is 16.6 Å². The lowest BCUT2D eigenvalue weighted by Crippen LogP contribution is -2.03. The second kappa shape index (κ2) is 5.75. The molecule has 0 atom stereocenters. The average Bonchev–Trinajstić information content (AvgIpc) is 2.33. The van der Waals surface area contributed by atoms with E-state index >= 15 is 0 Å². The molecule has 0 unspecified atom stereocenters. The standard InChI is InChI=1S/C13H15ClN4O/c1-3-19-12-6-8(2)16-13(18-12)17-11-7-9(15)4-5-10(11)14/h4-7H,3,15H2,1-2H3,(H,16,17,18). The highest BCUT2D eigenvalue weighted by Crippen LogP contribution is 2.26. The van der Waals surface area contributed by atoms with E-state index in [1.807, 2.05) is 13.8 Å². The molecule has 2 aromatic rings. The normalized spacial score (nSPS) is 10.3. The third-order valence-corrected chi connectivity index (χ3v) is 2.69. The summed E-state index contributed by atoms with van der Waals surface area (Å²) >= 11 is 6.08. The van der Waals surface area contributed by atoms with E-state index in [0.717, 1.165) is 5.69 Å². The Hall–Kier alpha value is -2.01. The van der Waals surface area contributed by atoms with Crippen molar-refractivity contribution in [1.82, 2.24) is 9.97 Å². The number of nitrogens with zero attached hydrogens (tertiary/aromatic N) is 2. The summed E-state index contributed by atoms with van der Waals surface area (Å²) in [6.45, 7) is 4.32. The Kier molecular flexibility index (Phi) is 4.06. The van der Waals surface area contributed by atoms with Gasteiger partial charge in [0.15, 0.2) is 0 Å². The molecule has 3 N–H and O–H groups in total. The number of rotatable bonds is 4. The van der Waals surface area contributed by atoms with Gasteiger partial charge >= 0.3 is 0 Å². The molecule has 6 heteroatoms. The van der Waals surface area contributed by atoms with Crippen LogP contribution in [0, 0.1) is 6.92 Å². The van der Waals surface area contributed by atoms with Gasteiger partial charge in [-0.15, -0.1) is 0 Å². The number of anilines is 3. The van der Waals surface area contributed by atoms with Gasteiger partial charge in [-0.1, -0.05) is 11.6 Å². The highest BCUT2D eigenvalue weighted by Gasteiger charge is 2.06. The summed E-state index contributed by atoms with van der Waals surface area (Å²) in [6.07, 6.45) is 0. The molecule has 1 aromatic carbocycles. The van der Waals surface area contributed by atoms with Crippen molar-refractivity contribution < 1.29 is 4.74 Å². The maximum absolute atomic E-state index is 6.08. The molecule has 0 radical (unpaired) electrons. The predicted octanol–water partition coefficient (Wildman–Crippen LogP) is 3.16. The van der Waals surface area contributed by atoms with E-state index in [4.69, 9.17) is 22.1 Å². The lowest BCUT2D eigenvalue weighted by atomic mass is 10.3. The quantitative estimate of drug-likeness (QED) is 0.841. The molecule has 0 fully saturated rings. The topological polar surface area (TPSA) is 73.1 Å². The van der Waals surface area contributed by atoms with Crippen LogP contribution in [0.5, 0.6) is 5.88 Å². The average molecular weight is 279 g/mol. The van der Waals surface area contributed by atoms with Crippen LogP contribution in [0.1, 0.15) is 12.6 Å². The van der Waals surface area contributed by atoms with Gasteiger partial charge in [0.25, 0.3) is 0 Å². The van der Waals surface area contributed by atoms with Gasteiger partial charge in [0.2, 0.25) is 11.8 Å². The maximum atomic E-state index is 6.08. The van der Waals surface area contributed by atoms with Crippen molar-refractivity contribution in [1.29, 1.82) is 0 Å². The molecule has 0 bridgehead atoms. The maximum Gasteiger partial charge on any atom is 0.230 e. The molecule has 0 spiro atoms. The van der Waals surface area contributed by atoms with E-state index in [2.05, 4.69) is 15.3 Å². The van der Waals surface area contributed by atoms with Crippen molar-refractivity contribution in [2.45, 2.75) is 13.8 Å². The number of nitrogen functional groups attached to an aromatic ring is 1. The Morgan fingerprint density at radius 1 is 1.32 bits per heavy atom. The smallest absolute Gasteiger partial charge is 0.230 e. The van der Waals surface area contributed by atoms with Crippen LogP contribution in [0.3, 0.4) is 0 Å². The Balaban J connectivity index is 2.29. The van der Waals surface area contributed by atoms with Gasteiger partial charge in [0.1, 0.15) is 0 Å². The van der Waals surface area contributed by atoms with E-state index in [9.17, 15) is 0 Å². The lowest BCUT2D eigenvalue weighted by Gasteiger charge is -2.10. The molecule has 0 amide bonds. The summed E-state index contributed by atoms with van der Waals surface area (Å²) in [4.78, 5) is 8.53. The van der Waals surface area contributed by atoms with Crippen LogP contribution in [0.4, 0.5) is 17.3 Å². The van der Waals surface area contributed by atoms with Gasteiger partial charge in [-0.3, -0.25) is 0 Å². The summed E-state index contributed by atoms with van der Waals surface area (Å²) in [5, 5.41) is 3.59. The largest absolute Gasteiger partial charge is 0.478 e. The zero-order valence-electron chi connectivity index (χ0n) is 10.8. The fourth-order valence-corrected chi connectivity index (χ4v) is 1.74. The van der Waals surface area contributed by atoms with Crippen LogP contribution in [-0.2, 0) is 0 Å². The van der Waals surface area contributed by atoms with Gasteiger partial charge < -0.3 is 15.8 Å².